The van der Waals surface area contributed by atoms with E-state index in [-0.39, 0.29) is 5.82 Å². The lowest BCUT2D eigenvalue weighted by Gasteiger charge is -2.17. The molecular weight excluding hydrogens is 331 g/mol. The Labute approximate surface area is 151 Å². The van der Waals surface area contributed by atoms with E-state index in [1.165, 1.54) is 42.7 Å². The van der Waals surface area contributed by atoms with Crippen LogP contribution in [0, 0.1) is 5.82 Å². The molecule has 3 aromatic rings. The number of carbonyl (C=O) groups excluding carboxylic acids is 1. The van der Waals surface area contributed by atoms with Crippen LogP contribution in [0.1, 0.15) is 28.8 Å². The second-order valence-electron chi connectivity index (χ2n) is 6.50. The third-order valence-electron chi connectivity index (χ3n) is 4.70. The minimum Gasteiger partial charge on any atom is -0.421 e. The first-order chi connectivity index (χ1) is 12.7. The van der Waals surface area contributed by atoms with Crippen LogP contribution in [0.2, 0.25) is 0 Å². The number of benzene rings is 2. The number of pyridine rings is 1. The van der Waals surface area contributed by atoms with Crippen LogP contribution in [0.4, 0.5) is 4.39 Å². The molecule has 2 heterocycles. The molecule has 0 unspecified atom stereocenters. The largest absolute Gasteiger partial charge is 0.421 e. The summed E-state index contributed by atoms with van der Waals surface area (Å²) in [6.45, 7) is 3.10. The second-order valence-corrected chi connectivity index (χ2v) is 6.50. The van der Waals surface area contributed by atoms with Crippen molar-refractivity contribution in [3.63, 3.8) is 0 Å². The molecule has 1 aliphatic rings. The zero-order valence-corrected chi connectivity index (χ0v) is 14.3. The van der Waals surface area contributed by atoms with Gasteiger partial charge in [-0.1, -0.05) is 12.1 Å². The smallest absolute Gasteiger partial charge is 0.343 e. The molecule has 4 rings (SSSR count). The van der Waals surface area contributed by atoms with Gasteiger partial charge in [0.05, 0.1) is 5.56 Å². The van der Waals surface area contributed by atoms with Gasteiger partial charge in [-0.05, 0) is 67.9 Å². The molecule has 26 heavy (non-hydrogen) atoms. The number of esters is 1. The third-order valence-corrected chi connectivity index (χ3v) is 4.70. The van der Waals surface area contributed by atoms with Gasteiger partial charge in [0, 0.05) is 18.1 Å². The maximum absolute atomic E-state index is 13.0. The van der Waals surface area contributed by atoms with Crippen molar-refractivity contribution in [1.29, 1.82) is 0 Å². The number of rotatable bonds is 4. The average Bonchev–Trinajstić information content (AvgIpc) is 3.17. The van der Waals surface area contributed by atoms with Gasteiger partial charge in [0.25, 0.3) is 0 Å². The molecule has 0 amide bonds. The van der Waals surface area contributed by atoms with Crippen LogP contribution in [0.3, 0.4) is 0 Å². The van der Waals surface area contributed by atoms with E-state index in [4.69, 9.17) is 4.74 Å². The van der Waals surface area contributed by atoms with Crippen molar-refractivity contribution < 1.29 is 13.9 Å². The van der Waals surface area contributed by atoms with E-state index < -0.39 is 5.97 Å². The number of hydrogen-bond acceptors (Lipinski definition) is 4. The highest BCUT2D eigenvalue weighted by Gasteiger charge is 2.17. The maximum atomic E-state index is 13.0. The van der Waals surface area contributed by atoms with Crippen molar-refractivity contribution in [1.82, 2.24) is 9.88 Å². The maximum Gasteiger partial charge on any atom is 0.343 e. The normalized spacial score (nSPS) is 14.7. The van der Waals surface area contributed by atoms with Crippen LogP contribution in [-0.2, 0) is 6.54 Å². The van der Waals surface area contributed by atoms with Crippen LogP contribution < -0.4 is 4.74 Å². The van der Waals surface area contributed by atoms with E-state index in [2.05, 4.69) is 9.88 Å². The predicted molar refractivity (Wildman–Crippen MR) is 97.6 cm³/mol. The summed E-state index contributed by atoms with van der Waals surface area (Å²) < 4.78 is 18.6. The molecule has 1 aromatic heterocycles. The first-order valence-corrected chi connectivity index (χ1v) is 8.77. The Morgan fingerprint density at radius 1 is 1.08 bits per heavy atom. The van der Waals surface area contributed by atoms with E-state index in [0.717, 1.165) is 25.0 Å². The number of fused-ring (bicyclic) bond motifs is 1. The molecule has 0 spiro atoms. The number of aromatic nitrogens is 1. The van der Waals surface area contributed by atoms with Crippen LogP contribution in [-0.4, -0.2) is 28.9 Å². The lowest BCUT2D eigenvalue weighted by atomic mass is 10.1. The number of halogens is 1. The number of likely N-dealkylation sites (tertiary alicyclic amines) is 1. The molecule has 0 aliphatic carbocycles. The molecule has 1 aliphatic heterocycles. The molecule has 0 radical (unpaired) electrons. The Hall–Kier alpha value is -2.79. The van der Waals surface area contributed by atoms with Gasteiger partial charge < -0.3 is 4.74 Å². The third kappa shape index (κ3) is 3.44. The predicted octanol–water partition coefficient (Wildman–Crippen LogP) is 4.19. The summed E-state index contributed by atoms with van der Waals surface area (Å²) >= 11 is 0. The molecule has 132 valence electrons. The standard InChI is InChI=1S/C21H19FN2O2/c22-17-8-5-15(6-9-17)21(25)26-19-10-7-16(14-24-12-1-2-13-24)18-4-3-11-23-20(18)19/h3-11H,1-2,12-14H2. The molecule has 0 bridgehead atoms. The summed E-state index contributed by atoms with van der Waals surface area (Å²) in [7, 11) is 0. The van der Waals surface area contributed by atoms with Crippen LogP contribution in [0.5, 0.6) is 5.75 Å². The van der Waals surface area contributed by atoms with Gasteiger partial charge in [0.2, 0.25) is 0 Å². The Kier molecular flexibility index (Phi) is 4.63. The van der Waals surface area contributed by atoms with Gasteiger partial charge in [-0.2, -0.15) is 0 Å². The average molecular weight is 350 g/mol. The monoisotopic (exact) mass is 350 g/mol. The summed E-state index contributed by atoms with van der Waals surface area (Å²) in [6.07, 6.45) is 4.17. The zero-order chi connectivity index (χ0) is 17.9. The number of nitrogens with zero attached hydrogens (tertiary/aromatic N) is 2. The summed E-state index contributed by atoms with van der Waals surface area (Å²) in [5.41, 5.74) is 2.15. The van der Waals surface area contributed by atoms with Gasteiger partial charge in [-0.15, -0.1) is 0 Å². The first kappa shape index (κ1) is 16.7. The molecule has 1 saturated heterocycles. The Bertz CT molecular complexity index is 934. The van der Waals surface area contributed by atoms with Crippen LogP contribution in [0.25, 0.3) is 10.9 Å². The van der Waals surface area contributed by atoms with E-state index in [9.17, 15) is 9.18 Å². The number of ether oxygens (including phenoxy) is 1. The minimum atomic E-state index is -0.524. The summed E-state index contributed by atoms with van der Waals surface area (Å²) in [4.78, 5) is 19.2. The summed E-state index contributed by atoms with van der Waals surface area (Å²) in [5, 5.41) is 0.990. The Morgan fingerprint density at radius 2 is 1.85 bits per heavy atom. The van der Waals surface area contributed by atoms with Gasteiger partial charge in [-0.25, -0.2) is 9.18 Å². The highest BCUT2D eigenvalue weighted by molar-refractivity contribution is 5.95. The topological polar surface area (TPSA) is 42.4 Å². The fraction of sp³-hybridized carbons (Fsp3) is 0.238. The second kappa shape index (κ2) is 7.22. The lowest BCUT2D eigenvalue weighted by molar-refractivity contribution is 0.0736. The van der Waals surface area contributed by atoms with Crippen molar-refractivity contribution in [2.45, 2.75) is 19.4 Å². The zero-order valence-electron chi connectivity index (χ0n) is 14.3. The number of hydrogen-bond donors (Lipinski definition) is 0. The van der Waals surface area contributed by atoms with E-state index in [1.54, 1.807) is 12.3 Å². The van der Waals surface area contributed by atoms with Crippen molar-refractivity contribution in [3.05, 3.63) is 71.7 Å². The highest BCUT2D eigenvalue weighted by Crippen LogP contribution is 2.29. The molecule has 5 heteroatoms. The number of carbonyl (C=O) groups is 1. The van der Waals surface area contributed by atoms with Crippen molar-refractivity contribution >= 4 is 16.9 Å². The molecule has 2 aromatic carbocycles. The van der Waals surface area contributed by atoms with Crippen LogP contribution >= 0.6 is 0 Å². The fourth-order valence-electron chi connectivity index (χ4n) is 3.35. The van der Waals surface area contributed by atoms with E-state index >= 15 is 0 Å². The minimum absolute atomic E-state index is 0.302. The summed E-state index contributed by atoms with van der Waals surface area (Å²) in [6, 6.07) is 13.0. The Balaban J connectivity index is 1.63. The molecule has 1 fully saturated rings. The van der Waals surface area contributed by atoms with Gasteiger partial charge >= 0.3 is 5.97 Å². The first-order valence-electron chi connectivity index (χ1n) is 8.77. The van der Waals surface area contributed by atoms with Crippen molar-refractivity contribution in [2.24, 2.45) is 0 Å². The summed E-state index contributed by atoms with van der Waals surface area (Å²) in [5.74, 6) is -0.496. The molecule has 0 saturated carbocycles. The highest BCUT2D eigenvalue weighted by atomic mass is 19.1. The molecular formula is C21H19FN2O2. The van der Waals surface area contributed by atoms with Gasteiger partial charge in [0.1, 0.15) is 11.3 Å². The fourth-order valence-corrected chi connectivity index (χ4v) is 3.35. The van der Waals surface area contributed by atoms with Crippen LogP contribution in [0.15, 0.2) is 54.7 Å². The van der Waals surface area contributed by atoms with E-state index in [0.29, 0.717) is 16.8 Å². The lowest BCUT2D eigenvalue weighted by Crippen LogP contribution is -2.18. The van der Waals surface area contributed by atoms with Crippen molar-refractivity contribution in [3.8, 4) is 5.75 Å². The SMILES string of the molecule is O=C(Oc1ccc(CN2CCCC2)c2cccnc12)c1ccc(F)cc1. The molecule has 0 N–H and O–H groups in total. The molecule has 4 nitrogen and oxygen atoms in total. The van der Waals surface area contributed by atoms with Crippen molar-refractivity contribution in [2.75, 3.05) is 13.1 Å². The van der Waals surface area contributed by atoms with E-state index in [1.807, 2.05) is 18.2 Å². The molecule has 0 atom stereocenters. The van der Waals surface area contributed by atoms with Gasteiger partial charge in [0.15, 0.2) is 5.75 Å². The van der Waals surface area contributed by atoms with Gasteiger partial charge in [-0.3, -0.25) is 9.88 Å². The quantitative estimate of drug-likeness (QED) is 0.523. The Morgan fingerprint density at radius 3 is 2.62 bits per heavy atom.